The van der Waals surface area contributed by atoms with Crippen molar-refractivity contribution in [1.82, 2.24) is 14.7 Å². The van der Waals surface area contributed by atoms with Crippen LogP contribution in [0.15, 0.2) is 35.1 Å². The van der Waals surface area contributed by atoms with Crippen molar-refractivity contribution in [3.8, 4) is 5.69 Å². The maximum Gasteiger partial charge on any atom is 0.272 e. The summed E-state index contributed by atoms with van der Waals surface area (Å²) in [5.41, 5.74) is 2.00. The molecule has 0 aliphatic carbocycles. The standard InChI is InChI=1S/C15H17N3O2S/c1-11-2-4-12(5-3-11)18-14(19)10-13(16-18)15(20)17-6-8-21-9-7-17/h2-5,10,16H,6-9H2,1H3. The summed E-state index contributed by atoms with van der Waals surface area (Å²) >= 11 is 1.85. The molecule has 1 aliphatic rings. The van der Waals surface area contributed by atoms with Crippen molar-refractivity contribution < 1.29 is 4.79 Å². The average molecular weight is 303 g/mol. The third kappa shape index (κ3) is 2.90. The molecule has 110 valence electrons. The molecule has 1 aromatic carbocycles. The van der Waals surface area contributed by atoms with Crippen LogP contribution in [0.2, 0.25) is 0 Å². The number of H-pyrrole nitrogens is 1. The van der Waals surface area contributed by atoms with E-state index in [0.29, 0.717) is 5.69 Å². The number of benzene rings is 1. The molecule has 5 nitrogen and oxygen atoms in total. The van der Waals surface area contributed by atoms with Crippen LogP contribution in [0.1, 0.15) is 16.1 Å². The summed E-state index contributed by atoms with van der Waals surface area (Å²) in [6.45, 7) is 3.47. The van der Waals surface area contributed by atoms with Gasteiger partial charge in [-0.15, -0.1) is 0 Å². The van der Waals surface area contributed by atoms with Gasteiger partial charge < -0.3 is 4.90 Å². The lowest BCUT2D eigenvalue weighted by molar-refractivity contribution is 0.0766. The number of carbonyl (C=O) groups is 1. The van der Waals surface area contributed by atoms with Crippen LogP contribution < -0.4 is 5.56 Å². The summed E-state index contributed by atoms with van der Waals surface area (Å²) in [6, 6.07) is 8.97. The minimum atomic E-state index is -0.214. The molecular weight excluding hydrogens is 286 g/mol. The zero-order valence-electron chi connectivity index (χ0n) is 11.8. The molecule has 2 aromatic rings. The van der Waals surface area contributed by atoms with Gasteiger partial charge in [-0.3, -0.25) is 14.7 Å². The van der Waals surface area contributed by atoms with Crippen LogP contribution in [0, 0.1) is 6.92 Å². The predicted molar refractivity (Wildman–Crippen MR) is 84.4 cm³/mol. The Bertz CT molecular complexity index is 696. The van der Waals surface area contributed by atoms with E-state index in [0.717, 1.165) is 35.8 Å². The number of carbonyl (C=O) groups excluding carboxylic acids is 1. The molecule has 1 amide bonds. The molecule has 6 heteroatoms. The van der Waals surface area contributed by atoms with Gasteiger partial charge in [0.05, 0.1) is 5.69 Å². The second kappa shape index (κ2) is 5.81. The van der Waals surface area contributed by atoms with Gasteiger partial charge in [0, 0.05) is 30.7 Å². The molecule has 0 atom stereocenters. The van der Waals surface area contributed by atoms with E-state index in [9.17, 15) is 9.59 Å². The molecule has 0 bridgehead atoms. The molecular formula is C15H17N3O2S. The number of aromatic amines is 1. The summed E-state index contributed by atoms with van der Waals surface area (Å²) in [7, 11) is 0. The van der Waals surface area contributed by atoms with Gasteiger partial charge in [-0.2, -0.15) is 11.8 Å². The van der Waals surface area contributed by atoms with Crippen molar-refractivity contribution in [1.29, 1.82) is 0 Å². The van der Waals surface area contributed by atoms with E-state index in [2.05, 4.69) is 5.10 Å². The smallest absolute Gasteiger partial charge is 0.272 e. The van der Waals surface area contributed by atoms with Crippen LogP contribution in [0.4, 0.5) is 0 Å². The Labute approximate surface area is 126 Å². The third-order valence-electron chi connectivity index (χ3n) is 3.54. The largest absolute Gasteiger partial charge is 0.336 e. The molecule has 1 aliphatic heterocycles. The molecule has 2 heterocycles. The lowest BCUT2D eigenvalue weighted by Crippen LogP contribution is -2.38. The molecule has 1 aromatic heterocycles. The highest BCUT2D eigenvalue weighted by Gasteiger charge is 2.21. The van der Waals surface area contributed by atoms with Gasteiger partial charge in [-0.05, 0) is 19.1 Å². The van der Waals surface area contributed by atoms with E-state index in [4.69, 9.17) is 0 Å². The molecule has 1 N–H and O–H groups in total. The summed E-state index contributed by atoms with van der Waals surface area (Å²) < 4.78 is 1.41. The number of aryl methyl sites for hydroxylation is 1. The van der Waals surface area contributed by atoms with Crippen molar-refractivity contribution in [2.75, 3.05) is 24.6 Å². The topological polar surface area (TPSA) is 58.1 Å². The van der Waals surface area contributed by atoms with Crippen molar-refractivity contribution in [2.45, 2.75) is 6.92 Å². The van der Waals surface area contributed by atoms with Gasteiger partial charge in [-0.25, -0.2) is 4.68 Å². The van der Waals surface area contributed by atoms with Crippen molar-refractivity contribution >= 4 is 17.7 Å². The second-order valence-corrected chi connectivity index (χ2v) is 6.31. The number of nitrogens with zero attached hydrogens (tertiary/aromatic N) is 2. The molecule has 0 saturated carbocycles. The number of hydrogen-bond acceptors (Lipinski definition) is 3. The van der Waals surface area contributed by atoms with Crippen LogP contribution in [0.25, 0.3) is 5.69 Å². The first-order chi connectivity index (χ1) is 10.1. The van der Waals surface area contributed by atoms with Crippen molar-refractivity contribution in [2.24, 2.45) is 0 Å². The second-order valence-electron chi connectivity index (χ2n) is 5.08. The Morgan fingerprint density at radius 1 is 1.19 bits per heavy atom. The highest BCUT2D eigenvalue weighted by atomic mass is 32.2. The number of amides is 1. The molecule has 0 radical (unpaired) electrons. The Morgan fingerprint density at radius 2 is 1.86 bits per heavy atom. The highest BCUT2D eigenvalue weighted by molar-refractivity contribution is 7.99. The van der Waals surface area contributed by atoms with E-state index in [1.54, 1.807) is 4.90 Å². The van der Waals surface area contributed by atoms with Gasteiger partial charge in [0.1, 0.15) is 5.69 Å². The molecule has 3 rings (SSSR count). The maximum atomic E-state index is 12.4. The van der Waals surface area contributed by atoms with Crippen LogP contribution >= 0.6 is 11.8 Å². The van der Waals surface area contributed by atoms with Crippen LogP contribution in [-0.4, -0.2) is 45.2 Å². The normalized spacial score (nSPS) is 15.2. The fraction of sp³-hybridized carbons (Fsp3) is 0.333. The van der Waals surface area contributed by atoms with Gasteiger partial charge >= 0.3 is 0 Å². The third-order valence-corrected chi connectivity index (χ3v) is 4.48. The van der Waals surface area contributed by atoms with E-state index in [-0.39, 0.29) is 11.5 Å². The average Bonchev–Trinajstić information content (AvgIpc) is 2.90. The first kappa shape index (κ1) is 14.0. The van der Waals surface area contributed by atoms with Crippen molar-refractivity contribution in [3.05, 3.63) is 51.9 Å². The maximum absolute atomic E-state index is 12.4. The first-order valence-electron chi connectivity index (χ1n) is 6.91. The minimum Gasteiger partial charge on any atom is -0.336 e. The fourth-order valence-electron chi connectivity index (χ4n) is 2.33. The summed E-state index contributed by atoms with van der Waals surface area (Å²) in [5, 5.41) is 2.92. The van der Waals surface area contributed by atoms with Crippen LogP contribution in [-0.2, 0) is 0 Å². The fourth-order valence-corrected chi connectivity index (χ4v) is 3.23. The highest BCUT2D eigenvalue weighted by Crippen LogP contribution is 2.12. The van der Waals surface area contributed by atoms with E-state index >= 15 is 0 Å². The molecule has 21 heavy (non-hydrogen) atoms. The van der Waals surface area contributed by atoms with Gasteiger partial charge in [0.2, 0.25) is 0 Å². The van der Waals surface area contributed by atoms with E-state index in [1.165, 1.54) is 10.7 Å². The number of nitrogens with one attached hydrogen (secondary N) is 1. The summed E-state index contributed by atoms with van der Waals surface area (Å²) in [6.07, 6.45) is 0. The quantitative estimate of drug-likeness (QED) is 0.918. The lowest BCUT2D eigenvalue weighted by Gasteiger charge is -2.25. The number of rotatable bonds is 2. The number of hydrogen-bond donors (Lipinski definition) is 1. The van der Waals surface area contributed by atoms with Crippen LogP contribution in [0.5, 0.6) is 0 Å². The van der Waals surface area contributed by atoms with Crippen molar-refractivity contribution in [3.63, 3.8) is 0 Å². The Hall–Kier alpha value is -1.95. The predicted octanol–water partition coefficient (Wildman–Crippen LogP) is 1.66. The lowest BCUT2D eigenvalue weighted by atomic mass is 10.2. The number of aromatic nitrogens is 2. The van der Waals surface area contributed by atoms with Crippen LogP contribution in [0.3, 0.4) is 0 Å². The molecule has 1 fully saturated rings. The molecule has 1 saturated heterocycles. The zero-order valence-corrected chi connectivity index (χ0v) is 12.7. The van der Waals surface area contributed by atoms with E-state index in [1.807, 2.05) is 43.0 Å². The summed E-state index contributed by atoms with van der Waals surface area (Å²) in [4.78, 5) is 26.2. The monoisotopic (exact) mass is 303 g/mol. The van der Waals surface area contributed by atoms with E-state index < -0.39 is 0 Å². The van der Waals surface area contributed by atoms with Gasteiger partial charge in [0.15, 0.2) is 0 Å². The zero-order chi connectivity index (χ0) is 14.8. The Morgan fingerprint density at radius 3 is 2.52 bits per heavy atom. The van der Waals surface area contributed by atoms with Gasteiger partial charge in [-0.1, -0.05) is 17.7 Å². The minimum absolute atomic E-state index is 0.0988. The first-order valence-corrected chi connectivity index (χ1v) is 8.07. The number of thioether (sulfide) groups is 1. The summed E-state index contributed by atoms with van der Waals surface area (Å²) in [5.74, 6) is 1.81. The van der Waals surface area contributed by atoms with Gasteiger partial charge in [0.25, 0.3) is 11.5 Å². The Balaban J connectivity index is 1.88. The Kier molecular flexibility index (Phi) is 3.88. The SMILES string of the molecule is Cc1ccc(-n2[nH]c(C(=O)N3CCSCC3)cc2=O)cc1. The molecule has 0 spiro atoms. The molecule has 0 unspecified atom stereocenters.